The monoisotopic (exact) mass is 260 g/mol. The number of nitrogens with two attached hydrogens (primary N) is 1. The maximum Gasteiger partial charge on any atom is 0.0731 e. The summed E-state index contributed by atoms with van der Waals surface area (Å²) in [6.45, 7) is 3.64. The highest BCUT2D eigenvalue weighted by molar-refractivity contribution is 5.22. The van der Waals surface area contributed by atoms with Crippen LogP contribution in [0.15, 0.2) is 24.3 Å². The molecule has 0 spiro atoms. The van der Waals surface area contributed by atoms with Crippen LogP contribution < -0.4 is 5.73 Å². The lowest BCUT2D eigenvalue weighted by atomic mass is 9.90. The molecule has 1 aliphatic heterocycles. The molecular formula is C16H24N2O. The van der Waals surface area contributed by atoms with Gasteiger partial charge in [-0.2, -0.15) is 0 Å². The molecule has 1 saturated carbocycles. The second-order valence-corrected chi connectivity index (χ2v) is 5.75. The second-order valence-electron chi connectivity index (χ2n) is 5.75. The molecule has 2 fully saturated rings. The fourth-order valence-electron chi connectivity index (χ4n) is 3.39. The molecule has 1 aliphatic carbocycles. The number of fused-ring (bicyclic) bond motifs is 1. The lowest BCUT2D eigenvalue weighted by Gasteiger charge is -2.43. The van der Waals surface area contributed by atoms with Gasteiger partial charge in [0.15, 0.2) is 0 Å². The maximum absolute atomic E-state index is 5.93. The summed E-state index contributed by atoms with van der Waals surface area (Å²) in [5, 5.41) is 0. The van der Waals surface area contributed by atoms with Crippen LogP contribution in [0.3, 0.4) is 0 Å². The molecule has 2 aliphatic rings. The smallest absolute Gasteiger partial charge is 0.0731 e. The molecule has 1 aromatic rings. The minimum Gasteiger partial charge on any atom is -0.375 e. The Labute approximate surface area is 115 Å². The zero-order valence-corrected chi connectivity index (χ0v) is 11.6. The van der Waals surface area contributed by atoms with Gasteiger partial charge in [-0.1, -0.05) is 37.1 Å². The Balaban J connectivity index is 1.66. The fourth-order valence-corrected chi connectivity index (χ4v) is 3.39. The van der Waals surface area contributed by atoms with Crippen molar-refractivity contribution in [1.29, 1.82) is 0 Å². The summed E-state index contributed by atoms with van der Waals surface area (Å²) in [6, 6.07) is 9.37. The van der Waals surface area contributed by atoms with Gasteiger partial charge in [-0.05, 0) is 24.0 Å². The predicted octanol–water partition coefficient (Wildman–Crippen LogP) is 2.29. The first kappa shape index (κ1) is 13.1. The van der Waals surface area contributed by atoms with Crippen LogP contribution in [0, 0.1) is 0 Å². The first-order chi connectivity index (χ1) is 9.36. The van der Waals surface area contributed by atoms with E-state index in [0.717, 1.165) is 19.7 Å². The molecule has 3 heteroatoms. The first-order valence-corrected chi connectivity index (χ1v) is 7.50. The number of hydrogen-bond donors (Lipinski definition) is 1. The van der Waals surface area contributed by atoms with Crippen molar-refractivity contribution in [1.82, 2.24) is 4.90 Å². The van der Waals surface area contributed by atoms with Crippen molar-refractivity contribution < 1.29 is 4.74 Å². The van der Waals surface area contributed by atoms with Gasteiger partial charge in [0.2, 0.25) is 0 Å². The molecule has 3 nitrogen and oxygen atoms in total. The largest absolute Gasteiger partial charge is 0.375 e. The Morgan fingerprint density at radius 3 is 2.63 bits per heavy atom. The second kappa shape index (κ2) is 6.04. The molecule has 0 radical (unpaired) electrons. The first-order valence-electron chi connectivity index (χ1n) is 7.50. The molecule has 19 heavy (non-hydrogen) atoms. The van der Waals surface area contributed by atoms with Crippen molar-refractivity contribution in [3.05, 3.63) is 35.4 Å². The Morgan fingerprint density at radius 2 is 1.84 bits per heavy atom. The van der Waals surface area contributed by atoms with Crippen LogP contribution in [-0.4, -0.2) is 30.2 Å². The van der Waals surface area contributed by atoms with Crippen molar-refractivity contribution >= 4 is 0 Å². The quantitative estimate of drug-likeness (QED) is 0.906. The Morgan fingerprint density at radius 1 is 1.11 bits per heavy atom. The highest BCUT2D eigenvalue weighted by Crippen LogP contribution is 2.29. The van der Waals surface area contributed by atoms with Crippen molar-refractivity contribution in [2.75, 3.05) is 13.2 Å². The molecule has 0 bridgehead atoms. The van der Waals surface area contributed by atoms with E-state index in [0.29, 0.717) is 18.7 Å². The van der Waals surface area contributed by atoms with Gasteiger partial charge in [0.1, 0.15) is 0 Å². The van der Waals surface area contributed by atoms with E-state index in [1.54, 1.807) is 0 Å². The SMILES string of the molecule is NCc1ccc(CN2CCOC3CCCCC32)cc1. The summed E-state index contributed by atoms with van der Waals surface area (Å²) in [6.07, 6.45) is 5.71. The van der Waals surface area contributed by atoms with Gasteiger partial charge in [0, 0.05) is 25.7 Å². The minimum atomic E-state index is 0.478. The Bertz CT molecular complexity index is 402. The molecule has 1 saturated heterocycles. The van der Waals surface area contributed by atoms with Gasteiger partial charge < -0.3 is 10.5 Å². The molecule has 3 rings (SSSR count). The molecule has 0 aromatic heterocycles. The molecule has 2 N–H and O–H groups in total. The average Bonchev–Trinajstić information content (AvgIpc) is 2.48. The molecule has 1 aromatic carbocycles. The predicted molar refractivity (Wildman–Crippen MR) is 76.7 cm³/mol. The Kier molecular flexibility index (Phi) is 4.16. The third kappa shape index (κ3) is 2.99. The van der Waals surface area contributed by atoms with E-state index in [2.05, 4.69) is 29.2 Å². The highest BCUT2D eigenvalue weighted by Gasteiger charge is 2.33. The van der Waals surface area contributed by atoms with Crippen LogP contribution in [0.25, 0.3) is 0 Å². The van der Waals surface area contributed by atoms with Crippen LogP contribution in [-0.2, 0) is 17.8 Å². The number of morpholine rings is 1. The van der Waals surface area contributed by atoms with Crippen molar-refractivity contribution in [2.45, 2.75) is 50.9 Å². The fraction of sp³-hybridized carbons (Fsp3) is 0.625. The number of rotatable bonds is 3. The highest BCUT2D eigenvalue weighted by atomic mass is 16.5. The summed E-state index contributed by atoms with van der Waals surface area (Å²) in [7, 11) is 0. The third-order valence-corrected chi connectivity index (χ3v) is 4.49. The van der Waals surface area contributed by atoms with E-state index in [-0.39, 0.29) is 0 Å². The zero-order chi connectivity index (χ0) is 13.1. The molecule has 2 atom stereocenters. The lowest BCUT2D eigenvalue weighted by Crippen LogP contribution is -2.52. The number of hydrogen-bond acceptors (Lipinski definition) is 3. The van der Waals surface area contributed by atoms with Crippen LogP contribution >= 0.6 is 0 Å². The van der Waals surface area contributed by atoms with Crippen molar-refractivity contribution in [2.24, 2.45) is 5.73 Å². The summed E-state index contributed by atoms with van der Waals surface area (Å²) < 4.78 is 5.93. The van der Waals surface area contributed by atoms with E-state index in [1.807, 2.05) is 0 Å². The lowest BCUT2D eigenvalue weighted by molar-refractivity contribution is -0.0911. The van der Waals surface area contributed by atoms with Gasteiger partial charge >= 0.3 is 0 Å². The van der Waals surface area contributed by atoms with Gasteiger partial charge in [-0.3, -0.25) is 4.90 Å². The molecule has 104 valence electrons. The van der Waals surface area contributed by atoms with Crippen LogP contribution in [0.4, 0.5) is 0 Å². The average molecular weight is 260 g/mol. The molecule has 0 amide bonds. The Hall–Kier alpha value is -0.900. The normalized spacial score (nSPS) is 28.1. The van der Waals surface area contributed by atoms with E-state index in [9.17, 15) is 0 Å². The number of nitrogens with zero attached hydrogens (tertiary/aromatic N) is 1. The van der Waals surface area contributed by atoms with E-state index in [4.69, 9.17) is 10.5 Å². The standard InChI is InChI=1S/C16H24N2O/c17-11-13-5-7-14(8-6-13)12-18-9-10-19-16-4-2-1-3-15(16)18/h5-8,15-16H,1-4,9-12,17H2. The van der Waals surface area contributed by atoms with E-state index >= 15 is 0 Å². The number of ether oxygens (including phenoxy) is 1. The zero-order valence-electron chi connectivity index (χ0n) is 11.6. The summed E-state index contributed by atoms with van der Waals surface area (Å²) in [5.41, 5.74) is 8.25. The van der Waals surface area contributed by atoms with Gasteiger partial charge in [-0.15, -0.1) is 0 Å². The summed E-state index contributed by atoms with van der Waals surface area (Å²) >= 11 is 0. The van der Waals surface area contributed by atoms with Gasteiger partial charge in [-0.25, -0.2) is 0 Å². The third-order valence-electron chi connectivity index (χ3n) is 4.49. The number of benzene rings is 1. The molecule has 2 unspecified atom stereocenters. The molecule has 1 heterocycles. The van der Waals surface area contributed by atoms with Crippen LogP contribution in [0.2, 0.25) is 0 Å². The van der Waals surface area contributed by atoms with Crippen LogP contribution in [0.5, 0.6) is 0 Å². The van der Waals surface area contributed by atoms with Crippen molar-refractivity contribution in [3.8, 4) is 0 Å². The van der Waals surface area contributed by atoms with Crippen molar-refractivity contribution in [3.63, 3.8) is 0 Å². The van der Waals surface area contributed by atoms with E-state index < -0.39 is 0 Å². The van der Waals surface area contributed by atoms with Gasteiger partial charge in [0.05, 0.1) is 12.7 Å². The maximum atomic E-state index is 5.93. The van der Waals surface area contributed by atoms with Gasteiger partial charge in [0.25, 0.3) is 0 Å². The summed E-state index contributed by atoms with van der Waals surface area (Å²) in [4.78, 5) is 2.62. The minimum absolute atomic E-state index is 0.478. The molecular weight excluding hydrogens is 236 g/mol. The topological polar surface area (TPSA) is 38.5 Å². The van der Waals surface area contributed by atoms with Crippen LogP contribution in [0.1, 0.15) is 36.8 Å². The van der Waals surface area contributed by atoms with E-state index in [1.165, 1.54) is 36.8 Å². The summed E-state index contributed by atoms with van der Waals surface area (Å²) in [5.74, 6) is 0.